The van der Waals surface area contributed by atoms with E-state index >= 15 is 0 Å². The molecule has 0 amide bonds. The van der Waals surface area contributed by atoms with Crippen molar-refractivity contribution >= 4 is 16.7 Å². The molecule has 1 aliphatic rings. The maximum atomic E-state index is 14.0. The van der Waals surface area contributed by atoms with Gasteiger partial charge in [-0.05, 0) is 48.6 Å². The lowest BCUT2D eigenvalue weighted by atomic mass is 9.79. The van der Waals surface area contributed by atoms with Gasteiger partial charge < -0.3 is 9.47 Å². The van der Waals surface area contributed by atoms with Crippen molar-refractivity contribution < 1.29 is 18.7 Å². The van der Waals surface area contributed by atoms with Gasteiger partial charge in [0.05, 0.1) is 12.2 Å². The van der Waals surface area contributed by atoms with Gasteiger partial charge in [-0.1, -0.05) is 48.5 Å². The average Bonchev–Trinajstić information content (AvgIpc) is 2.76. The van der Waals surface area contributed by atoms with E-state index in [0.717, 1.165) is 33.0 Å². The topological polar surface area (TPSA) is 35.5 Å². The van der Waals surface area contributed by atoms with Crippen molar-refractivity contribution in [1.82, 2.24) is 0 Å². The molecule has 0 aromatic heterocycles. The summed E-state index contributed by atoms with van der Waals surface area (Å²) in [5.74, 6) is 0.288. The Morgan fingerprint density at radius 3 is 2.42 bits per heavy atom. The van der Waals surface area contributed by atoms with E-state index in [4.69, 9.17) is 9.47 Å². The zero-order chi connectivity index (χ0) is 21.5. The molecule has 0 bridgehead atoms. The van der Waals surface area contributed by atoms with Crippen LogP contribution in [-0.2, 0) is 4.74 Å². The zero-order valence-corrected chi connectivity index (χ0v) is 17.3. The van der Waals surface area contributed by atoms with Crippen molar-refractivity contribution in [2.75, 3.05) is 6.61 Å². The second-order valence-electron chi connectivity index (χ2n) is 7.73. The van der Waals surface area contributed by atoms with Gasteiger partial charge in [0.1, 0.15) is 17.3 Å². The smallest absolute Gasteiger partial charge is 0.338 e. The Labute approximate surface area is 180 Å². The standard InChI is InChI=1S/C27H21FO3/c1-3-30-27(29)22-9-5-7-17-6-4-8-21(25(17)22)26-19-12-10-16(2)14-23(19)31-24-15-18(28)11-13-20(24)26/h4-15,26H,3H2,1-2H3. The summed E-state index contributed by atoms with van der Waals surface area (Å²) in [6.07, 6.45) is 0. The highest BCUT2D eigenvalue weighted by molar-refractivity contribution is 6.06. The number of rotatable bonds is 3. The van der Waals surface area contributed by atoms with Crippen LogP contribution in [0, 0.1) is 12.7 Å². The molecule has 4 aromatic rings. The molecule has 0 fully saturated rings. The van der Waals surface area contributed by atoms with Crippen LogP contribution in [0.2, 0.25) is 0 Å². The highest BCUT2D eigenvalue weighted by Crippen LogP contribution is 2.49. The summed E-state index contributed by atoms with van der Waals surface area (Å²) in [7, 11) is 0. The Morgan fingerprint density at radius 1 is 0.935 bits per heavy atom. The highest BCUT2D eigenvalue weighted by Gasteiger charge is 2.31. The summed E-state index contributed by atoms with van der Waals surface area (Å²) in [6.45, 7) is 4.10. The van der Waals surface area contributed by atoms with E-state index in [1.54, 1.807) is 19.1 Å². The molecular formula is C27H21FO3. The molecule has 1 heterocycles. The summed E-state index contributed by atoms with van der Waals surface area (Å²) >= 11 is 0. The maximum absolute atomic E-state index is 14.0. The number of halogens is 1. The first kappa shape index (κ1) is 19.3. The molecule has 4 aromatic carbocycles. The van der Waals surface area contributed by atoms with Crippen molar-refractivity contribution in [3.05, 3.63) is 106 Å². The van der Waals surface area contributed by atoms with Crippen molar-refractivity contribution in [3.8, 4) is 11.5 Å². The van der Waals surface area contributed by atoms with Crippen LogP contribution in [0.15, 0.2) is 72.8 Å². The molecular weight excluding hydrogens is 391 g/mol. The first-order valence-electron chi connectivity index (χ1n) is 10.3. The fourth-order valence-electron chi connectivity index (χ4n) is 4.41. The molecule has 1 aliphatic heterocycles. The molecule has 0 spiro atoms. The largest absolute Gasteiger partial charge is 0.462 e. The van der Waals surface area contributed by atoms with Crippen LogP contribution >= 0.6 is 0 Å². The number of benzene rings is 4. The molecule has 0 aliphatic carbocycles. The SMILES string of the molecule is CCOC(=O)c1cccc2cccc(C3c4ccc(C)cc4Oc4cc(F)ccc43)c12. The average molecular weight is 412 g/mol. The van der Waals surface area contributed by atoms with Crippen LogP contribution in [-0.4, -0.2) is 12.6 Å². The fourth-order valence-corrected chi connectivity index (χ4v) is 4.41. The van der Waals surface area contributed by atoms with E-state index in [2.05, 4.69) is 0 Å². The number of ether oxygens (including phenoxy) is 2. The third-order valence-corrected chi connectivity index (χ3v) is 5.73. The third-order valence-electron chi connectivity index (χ3n) is 5.73. The van der Waals surface area contributed by atoms with Crippen LogP contribution in [0.3, 0.4) is 0 Å². The Hall–Kier alpha value is -3.66. The Balaban J connectivity index is 1.83. The lowest BCUT2D eigenvalue weighted by Crippen LogP contribution is -2.14. The predicted octanol–water partition coefficient (Wildman–Crippen LogP) is 6.75. The number of carbonyl (C=O) groups is 1. The Bertz CT molecular complexity index is 1270. The van der Waals surface area contributed by atoms with E-state index in [1.165, 1.54) is 12.1 Å². The molecule has 5 rings (SSSR count). The number of aryl methyl sites for hydroxylation is 1. The van der Waals surface area contributed by atoms with Crippen LogP contribution in [0.5, 0.6) is 11.5 Å². The minimum atomic E-state index is -0.351. The van der Waals surface area contributed by atoms with E-state index < -0.39 is 0 Å². The second-order valence-corrected chi connectivity index (χ2v) is 7.73. The van der Waals surface area contributed by atoms with Crippen molar-refractivity contribution in [1.29, 1.82) is 0 Å². The molecule has 4 heteroatoms. The molecule has 0 N–H and O–H groups in total. The van der Waals surface area contributed by atoms with Crippen molar-refractivity contribution in [2.45, 2.75) is 19.8 Å². The maximum Gasteiger partial charge on any atom is 0.338 e. The van der Waals surface area contributed by atoms with Crippen molar-refractivity contribution in [3.63, 3.8) is 0 Å². The second kappa shape index (κ2) is 7.55. The summed E-state index contributed by atoms with van der Waals surface area (Å²) < 4.78 is 25.5. The highest BCUT2D eigenvalue weighted by atomic mass is 19.1. The normalized spacial score (nSPS) is 14.5. The van der Waals surface area contributed by atoms with Crippen LogP contribution in [0.25, 0.3) is 10.8 Å². The zero-order valence-electron chi connectivity index (χ0n) is 17.3. The van der Waals surface area contributed by atoms with E-state index in [1.807, 2.05) is 55.5 Å². The summed E-state index contributed by atoms with van der Waals surface area (Å²) in [6, 6.07) is 22.3. The quantitative estimate of drug-likeness (QED) is 0.308. The molecule has 3 nitrogen and oxygen atoms in total. The summed E-state index contributed by atoms with van der Waals surface area (Å²) in [4.78, 5) is 12.8. The van der Waals surface area contributed by atoms with Gasteiger partial charge in [-0.2, -0.15) is 0 Å². The molecule has 31 heavy (non-hydrogen) atoms. The van der Waals surface area contributed by atoms with Gasteiger partial charge in [0.25, 0.3) is 0 Å². The van der Waals surface area contributed by atoms with Crippen molar-refractivity contribution in [2.24, 2.45) is 0 Å². The van der Waals surface area contributed by atoms with Gasteiger partial charge in [0.2, 0.25) is 0 Å². The summed E-state index contributed by atoms with van der Waals surface area (Å²) in [5.41, 5.74) is 4.39. The Kier molecular flexibility index (Phi) is 4.70. The van der Waals surface area contributed by atoms with E-state index in [-0.39, 0.29) is 17.7 Å². The molecule has 1 atom stereocenters. The lowest BCUT2D eigenvalue weighted by Gasteiger charge is -2.30. The number of fused-ring (bicyclic) bond motifs is 3. The predicted molar refractivity (Wildman–Crippen MR) is 119 cm³/mol. The van der Waals surface area contributed by atoms with Gasteiger partial charge in [-0.3, -0.25) is 0 Å². The van der Waals surface area contributed by atoms with Crippen LogP contribution < -0.4 is 4.74 Å². The van der Waals surface area contributed by atoms with Gasteiger partial charge in [0.15, 0.2) is 0 Å². The number of carbonyl (C=O) groups excluding carboxylic acids is 1. The van der Waals surface area contributed by atoms with Crippen LogP contribution in [0.4, 0.5) is 4.39 Å². The Morgan fingerprint density at radius 2 is 1.65 bits per heavy atom. The fraction of sp³-hybridized carbons (Fsp3) is 0.148. The van der Waals surface area contributed by atoms with Crippen LogP contribution in [0.1, 0.15) is 45.5 Å². The van der Waals surface area contributed by atoms with Gasteiger partial charge in [0, 0.05) is 28.5 Å². The first-order valence-corrected chi connectivity index (χ1v) is 10.3. The minimum Gasteiger partial charge on any atom is -0.462 e. The molecule has 0 saturated heterocycles. The first-order chi connectivity index (χ1) is 15.1. The van der Waals surface area contributed by atoms with Gasteiger partial charge >= 0.3 is 5.97 Å². The van der Waals surface area contributed by atoms with E-state index in [9.17, 15) is 9.18 Å². The summed E-state index contributed by atoms with van der Waals surface area (Å²) in [5, 5.41) is 1.80. The molecule has 1 unspecified atom stereocenters. The monoisotopic (exact) mass is 412 g/mol. The molecule has 0 saturated carbocycles. The third kappa shape index (κ3) is 3.25. The van der Waals surface area contributed by atoms with Gasteiger partial charge in [-0.15, -0.1) is 0 Å². The molecule has 154 valence electrons. The minimum absolute atomic E-state index is 0.209. The number of hydrogen-bond acceptors (Lipinski definition) is 3. The lowest BCUT2D eigenvalue weighted by molar-refractivity contribution is 0.0528. The molecule has 0 radical (unpaired) electrons. The number of hydrogen-bond donors (Lipinski definition) is 0. The number of esters is 1. The van der Waals surface area contributed by atoms with Gasteiger partial charge in [-0.25, -0.2) is 9.18 Å². The van der Waals surface area contributed by atoms with E-state index in [0.29, 0.717) is 23.7 Å².